The summed E-state index contributed by atoms with van der Waals surface area (Å²) in [6.07, 6.45) is 3.03. The number of rotatable bonds is 9. The second kappa shape index (κ2) is 14.0. The standard InChI is InChI=1S/C46H51N3/c1-10-33-26-27-40(39(28-33)46(7,8)9)49-44(34(11-2)12-3)47-48-45(49)38-25-19-24-37(29-38)43-31(5)41(35-20-15-13-16-21-35)30(4)42(32(43)6)36-22-17-14-18-23-36/h13-29,34H,10-12H2,1-9H3. The Morgan fingerprint density at radius 1 is 0.571 bits per heavy atom. The van der Waals surface area contributed by atoms with E-state index in [0.29, 0.717) is 5.92 Å². The predicted molar refractivity (Wildman–Crippen MR) is 209 cm³/mol. The maximum absolute atomic E-state index is 4.98. The number of aryl methyl sites for hydroxylation is 1. The normalized spacial score (nSPS) is 11.8. The van der Waals surface area contributed by atoms with Crippen LogP contribution in [0.4, 0.5) is 0 Å². The van der Waals surface area contributed by atoms with Gasteiger partial charge in [-0.05, 0) is 119 Å². The third-order valence-electron chi connectivity index (χ3n) is 10.3. The van der Waals surface area contributed by atoms with E-state index in [-0.39, 0.29) is 5.41 Å². The van der Waals surface area contributed by atoms with E-state index in [4.69, 9.17) is 10.2 Å². The lowest BCUT2D eigenvalue weighted by molar-refractivity contribution is 0.570. The van der Waals surface area contributed by atoms with Crippen LogP contribution in [-0.2, 0) is 11.8 Å². The molecule has 0 N–H and O–H groups in total. The minimum atomic E-state index is -0.0487. The summed E-state index contributed by atoms with van der Waals surface area (Å²) in [5.41, 5.74) is 16.3. The largest absolute Gasteiger partial charge is 0.278 e. The molecule has 0 aliphatic heterocycles. The molecular formula is C46H51N3. The van der Waals surface area contributed by atoms with Crippen molar-refractivity contribution >= 4 is 0 Å². The van der Waals surface area contributed by atoms with Gasteiger partial charge in [-0.1, -0.05) is 133 Å². The van der Waals surface area contributed by atoms with Gasteiger partial charge in [0.25, 0.3) is 0 Å². The monoisotopic (exact) mass is 645 g/mol. The molecule has 0 saturated carbocycles. The molecule has 0 bridgehead atoms. The molecule has 0 saturated heterocycles. The lowest BCUT2D eigenvalue weighted by Gasteiger charge is -2.26. The van der Waals surface area contributed by atoms with Crippen LogP contribution in [0.15, 0.2) is 103 Å². The summed E-state index contributed by atoms with van der Waals surface area (Å²) in [4.78, 5) is 0. The summed E-state index contributed by atoms with van der Waals surface area (Å²) in [5, 5.41) is 9.93. The van der Waals surface area contributed by atoms with Gasteiger partial charge >= 0.3 is 0 Å². The first-order chi connectivity index (χ1) is 23.6. The van der Waals surface area contributed by atoms with Crippen LogP contribution in [0.2, 0.25) is 0 Å². The van der Waals surface area contributed by atoms with Crippen molar-refractivity contribution in [2.24, 2.45) is 0 Å². The van der Waals surface area contributed by atoms with Crippen LogP contribution in [0.3, 0.4) is 0 Å². The van der Waals surface area contributed by atoms with E-state index in [1.165, 1.54) is 66.9 Å². The zero-order chi connectivity index (χ0) is 34.9. The maximum atomic E-state index is 4.98. The average molecular weight is 646 g/mol. The van der Waals surface area contributed by atoms with Gasteiger partial charge in [-0.25, -0.2) is 0 Å². The minimum Gasteiger partial charge on any atom is -0.278 e. The lowest BCUT2D eigenvalue weighted by Crippen LogP contribution is -2.18. The second-order valence-corrected chi connectivity index (χ2v) is 14.5. The zero-order valence-corrected chi connectivity index (χ0v) is 30.9. The van der Waals surface area contributed by atoms with E-state index in [1.807, 2.05) is 0 Å². The molecule has 3 heteroatoms. The lowest BCUT2D eigenvalue weighted by atomic mass is 9.80. The SMILES string of the molecule is CCc1ccc(-n2c(-c3cccc(-c4c(C)c(-c5ccccc5)c(C)c(-c5ccccc5)c4C)c3)nnc2C(CC)CC)c(C(C)(C)C)c1. The van der Waals surface area contributed by atoms with Gasteiger partial charge < -0.3 is 0 Å². The van der Waals surface area contributed by atoms with Crippen molar-refractivity contribution in [1.82, 2.24) is 14.8 Å². The van der Waals surface area contributed by atoms with E-state index < -0.39 is 0 Å². The molecule has 0 fully saturated rings. The summed E-state index contributed by atoms with van der Waals surface area (Å²) in [6, 6.07) is 37.6. The van der Waals surface area contributed by atoms with Crippen LogP contribution in [-0.4, -0.2) is 14.8 Å². The zero-order valence-electron chi connectivity index (χ0n) is 30.9. The van der Waals surface area contributed by atoms with Crippen molar-refractivity contribution in [3.63, 3.8) is 0 Å². The number of benzene rings is 5. The molecule has 3 nitrogen and oxygen atoms in total. The number of nitrogens with zero attached hydrogens (tertiary/aromatic N) is 3. The number of hydrogen-bond donors (Lipinski definition) is 0. The summed E-state index contributed by atoms with van der Waals surface area (Å²) < 4.78 is 2.37. The highest BCUT2D eigenvalue weighted by Crippen LogP contribution is 2.44. The van der Waals surface area contributed by atoms with E-state index in [1.54, 1.807) is 0 Å². The molecular weight excluding hydrogens is 595 g/mol. The van der Waals surface area contributed by atoms with Crippen LogP contribution in [0.25, 0.3) is 50.5 Å². The van der Waals surface area contributed by atoms with E-state index >= 15 is 0 Å². The molecule has 250 valence electrons. The van der Waals surface area contributed by atoms with Gasteiger partial charge in [-0.2, -0.15) is 0 Å². The highest BCUT2D eigenvalue weighted by Gasteiger charge is 2.27. The van der Waals surface area contributed by atoms with Crippen molar-refractivity contribution in [3.05, 3.63) is 137 Å². The number of hydrogen-bond acceptors (Lipinski definition) is 2. The molecule has 6 aromatic rings. The molecule has 5 aromatic carbocycles. The Morgan fingerprint density at radius 3 is 1.59 bits per heavy atom. The van der Waals surface area contributed by atoms with Crippen LogP contribution < -0.4 is 0 Å². The first kappa shape index (κ1) is 34.1. The Hall–Kier alpha value is -4.76. The van der Waals surface area contributed by atoms with Crippen molar-refractivity contribution in [3.8, 4) is 50.5 Å². The third kappa shape index (κ3) is 6.39. The molecule has 0 spiro atoms. The molecule has 0 unspecified atom stereocenters. The highest BCUT2D eigenvalue weighted by atomic mass is 15.3. The van der Waals surface area contributed by atoms with Gasteiger partial charge in [0.05, 0.1) is 5.69 Å². The second-order valence-electron chi connectivity index (χ2n) is 14.5. The molecule has 0 atom stereocenters. The fourth-order valence-corrected chi connectivity index (χ4v) is 7.78. The molecule has 0 amide bonds. The highest BCUT2D eigenvalue weighted by molar-refractivity contribution is 5.92. The molecule has 0 radical (unpaired) electrons. The first-order valence-corrected chi connectivity index (χ1v) is 18.0. The van der Waals surface area contributed by atoms with Crippen molar-refractivity contribution in [1.29, 1.82) is 0 Å². The molecule has 0 aliphatic carbocycles. The molecule has 6 rings (SSSR count). The first-order valence-electron chi connectivity index (χ1n) is 18.0. The smallest absolute Gasteiger partial charge is 0.168 e. The fourth-order valence-electron chi connectivity index (χ4n) is 7.78. The van der Waals surface area contributed by atoms with Crippen LogP contribution in [0.1, 0.15) is 93.9 Å². The Labute approximate surface area is 294 Å². The molecule has 49 heavy (non-hydrogen) atoms. The molecule has 0 aliphatic rings. The van der Waals surface area contributed by atoms with Crippen molar-refractivity contribution in [2.75, 3.05) is 0 Å². The van der Waals surface area contributed by atoms with Gasteiger partial charge in [-0.3, -0.25) is 4.57 Å². The van der Waals surface area contributed by atoms with Crippen molar-refractivity contribution in [2.45, 2.75) is 92.9 Å². The van der Waals surface area contributed by atoms with E-state index in [9.17, 15) is 0 Å². The van der Waals surface area contributed by atoms with Gasteiger partial charge in [-0.15, -0.1) is 10.2 Å². The van der Waals surface area contributed by atoms with Gasteiger partial charge in [0.15, 0.2) is 5.82 Å². The number of aromatic nitrogens is 3. The van der Waals surface area contributed by atoms with Gasteiger partial charge in [0, 0.05) is 11.5 Å². The summed E-state index contributed by atoms with van der Waals surface area (Å²) in [7, 11) is 0. The molecule has 1 aromatic heterocycles. The summed E-state index contributed by atoms with van der Waals surface area (Å²) in [5.74, 6) is 2.25. The van der Waals surface area contributed by atoms with E-state index in [0.717, 1.165) is 36.5 Å². The minimum absolute atomic E-state index is 0.0487. The fraction of sp³-hybridized carbons (Fsp3) is 0.304. The van der Waals surface area contributed by atoms with Crippen LogP contribution in [0, 0.1) is 20.8 Å². The summed E-state index contributed by atoms with van der Waals surface area (Å²) >= 11 is 0. The van der Waals surface area contributed by atoms with Gasteiger partial charge in [0.1, 0.15) is 5.82 Å². The predicted octanol–water partition coefficient (Wildman–Crippen LogP) is 12.6. The maximum Gasteiger partial charge on any atom is 0.168 e. The Kier molecular flexibility index (Phi) is 9.75. The van der Waals surface area contributed by atoms with Crippen LogP contribution >= 0.6 is 0 Å². The molecule has 1 heterocycles. The van der Waals surface area contributed by atoms with Crippen LogP contribution in [0.5, 0.6) is 0 Å². The Balaban J connectivity index is 1.62. The van der Waals surface area contributed by atoms with Gasteiger partial charge in [0.2, 0.25) is 0 Å². The van der Waals surface area contributed by atoms with Crippen molar-refractivity contribution < 1.29 is 0 Å². The Bertz CT molecular complexity index is 2010. The third-order valence-corrected chi connectivity index (χ3v) is 10.3. The van der Waals surface area contributed by atoms with E-state index in [2.05, 4.69) is 170 Å². The summed E-state index contributed by atoms with van der Waals surface area (Å²) in [6.45, 7) is 20.5. The Morgan fingerprint density at radius 2 is 1.08 bits per heavy atom. The average Bonchev–Trinajstić information content (AvgIpc) is 3.54. The topological polar surface area (TPSA) is 30.7 Å². The quantitative estimate of drug-likeness (QED) is 0.157.